The van der Waals surface area contributed by atoms with Gasteiger partial charge < -0.3 is 4.79 Å². The minimum absolute atomic E-state index is 0.781. The highest BCUT2D eigenvalue weighted by Crippen LogP contribution is 2.42. The molecule has 0 aromatic rings. The Hall–Kier alpha value is -0.590. The van der Waals surface area contributed by atoms with Crippen molar-refractivity contribution in [1.29, 1.82) is 0 Å². The molecular weight excluding hydrogens is 244 g/mol. The summed E-state index contributed by atoms with van der Waals surface area (Å²) < 4.78 is 0. The topological polar surface area (TPSA) is 17.1 Å². The molecule has 2 aliphatic carbocycles. The molecule has 114 valence electrons. The number of rotatable bonds is 7. The highest BCUT2D eigenvalue weighted by molar-refractivity contribution is 5.49. The first kappa shape index (κ1) is 15.8. The smallest absolute Gasteiger partial charge is 0.120 e. The second-order valence-electron chi connectivity index (χ2n) is 7.17. The Bertz CT molecular complexity index is 250. The number of allylic oxidation sites excluding steroid dienone is 1. The molecule has 0 bridgehead atoms. The van der Waals surface area contributed by atoms with Crippen LogP contribution in [0.1, 0.15) is 77.0 Å². The standard InChI is InChI=1S/C19H32O/c1-2-3-5-16-7-11-18(12-8-16)19-13-9-17(10-14-19)6-4-15-20/h2,15-19H,1,3-14H2/t16-,17-,18-,19-. The Labute approximate surface area is 125 Å². The van der Waals surface area contributed by atoms with Crippen LogP contribution in [0.3, 0.4) is 0 Å². The summed E-state index contributed by atoms with van der Waals surface area (Å²) in [5.41, 5.74) is 0. The SMILES string of the molecule is C=CCC[C@H]1CC[C@H]([C@H]2CC[C@H](CCC=O)CC2)CC1. The van der Waals surface area contributed by atoms with Crippen LogP contribution in [-0.2, 0) is 4.79 Å². The van der Waals surface area contributed by atoms with E-state index >= 15 is 0 Å². The van der Waals surface area contributed by atoms with Crippen molar-refractivity contribution in [3.63, 3.8) is 0 Å². The van der Waals surface area contributed by atoms with E-state index < -0.39 is 0 Å². The van der Waals surface area contributed by atoms with Gasteiger partial charge in [-0.25, -0.2) is 0 Å². The fourth-order valence-corrected chi connectivity index (χ4v) is 4.55. The molecule has 0 radical (unpaired) electrons. The molecule has 0 saturated heterocycles. The van der Waals surface area contributed by atoms with E-state index in [2.05, 4.69) is 12.7 Å². The third kappa shape index (κ3) is 4.75. The summed E-state index contributed by atoms with van der Waals surface area (Å²) in [5, 5.41) is 0. The van der Waals surface area contributed by atoms with Crippen LogP contribution in [0, 0.1) is 23.7 Å². The number of carbonyl (C=O) groups is 1. The molecule has 0 unspecified atom stereocenters. The maximum Gasteiger partial charge on any atom is 0.120 e. The molecule has 0 spiro atoms. The van der Waals surface area contributed by atoms with Crippen LogP contribution in [0.4, 0.5) is 0 Å². The van der Waals surface area contributed by atoms with Crippen LogP contribution >= 0.6 is 0 Å². The third-order valence-electron chi connectivity index (χ3n) is 5.92. The lowest BCUT2D eigenvalue weighted by molar-refractivity contribution is -0.108. The molecule has 2 rings (SSSR count). The Morgan fingerprint density at radius 3 is 1.60 bits per heavy atom. The molecule has 0 amide bonds. The van der Waals surface area contributed by atoms with Gasteiger partial charge in [-0.1, -0.05) is 31.8 Å². The molecule has 2 aliphatic rings. The Balaban J connectivity index is 1.65. The molecule has 0 aromatic heterocycles. The van der Waals surface area contributed by atoms with E-state index in [0.717, 1.165) is 42.8 Å². The van der Waals surface area contributed by atoms with Crippen molar-refractivity contribution in [2.24, 2.45) is 23.7 Å². The van der Waals surface area contributed by atoms with Crippen molar-refractivity contribution >= 4 is 6.29 Å². The molecule has 0 N–H and O–H groups in total. The summed E-state index contributed by atoms with van der Waals surface area (Å²) in [5.74, 6) is 3.85. The molecule has 0 aliphatic heterocycles. The molecule has 0 aromatic carbocycles. The summed E-state index contributed by atoms with van der Waals surface area (Å²) in [7, 11) is 0. The van der Waals surface area contributed by atoms with Gasteiger partial charge in [0.05, 0.1) is 0 Å². The van der Waals surface area contributed by atoms with Crippen molar-refractivity contribution in [3.8, 4) is 0 Å². The summed E-state index contributed by atoms with van der Waals surface area (Å²) in [6, 6.07) is 0. The van der Waals surface area contributed by atoms with Gasteiger partial charge in [0.15, 0.2) is 0 Å². The zero-order valence-corrected chi connectivity index (χ0v) is 13.1. The van der Waals surface area contributed by atoms with E-state index in [0.29, 0.717) is 0 Å². The van der Waals surface area contributed by atoms with E-state index in [4.69, 9.17) is 0 Å². The summed E-state index contributed by atoms with van der Waals surface area (Å²) in [4.78, 5) is 10.5. The normalized spacial score (nSPS) is 34.6. The Kier molecular flexibility index (Phi) is 6.82. The number of aldehydes is 1. The summed E-state index contributed by atoms with van der Waals surface area (Å²) in [6.45, 7) is 3.84. The van der Waals surface area contributed by atoms with Crippen LogP contribution in [-0.4, -0.2) is 6.29 Å². The first-order valence-electron chi connectivity index (χ1n) is 8.88. The molecule has 2 fully saturated rings. The first-order chi connectivity index (χ1) is 9.83. The van der Waals surface area contributed by atoms with E-state index in [9.17, 15) is 4.79 Å². The summed E-state index contributed by atoms with van der Waals surface area (Å²) in [6.07, 6.45) is 19.2. The Morgan fingerprint density at radius 1 is 0.750 bits per heavy atom. The van der Waals surface area contributed by atoms with Gasteiger partial charge in [-0.2, -0.15) is 0 Å². The number of carbonyl (C=O) groups excluding carboxylic acids is 1. The van der Waals surface area contributed by atoms with Crippen LogP contribution in [0.2, 0.25) is 0 Å². The molecule has 20 heavy (non-hydrogen) atoms. The number of hydrogen-bond donors (Lipinski definition) is 0. The quantitative estimate of drug-likeness (QED) is 0.440. The van der Waals surface area contributed by atoms with Crippen LogP contribution in [0.5, 0.6) is 0 Å². The maximum atomic E-state index is 10.5. The second-order valence-corrected chi connectivity index (χ2v) is 7.17. The lowest BCUT2D eigenvalue weighted by atomic mass is 9.68. The maximum absolute atomic E-state index is 10.5. The van der Waals surface area contributed by atoms with Gasteiger partial charge >= 0.3 is 0 Å². The zero-order chi connectivity index (χ0) is 14.2. The first-order valence-corrected chi connectivity index (χ1v) is 8.88. The minimum Gasteiger partial charge on any atom is -0.303 e. The molecule has 1 heteroatoms. The van der Waals surface area contributed by atoms with Gasteiger partial charge in [0.2, 0.25) is 0 Å². The largest absolute Gasteiger partial charge is 0.303 e. The molecule has 2 saturated carbocycles. The predicted octanol–water partition coefficient (Wildman–Crippen LogP) is 5.54. The van der Waals surface area contributed by atoms with E-state index in [-0.39, 0.29) is 0 Å². The minimum atomic E-state index is 0.781. The van der Waals surface area contributed by atoms with Crippen molar-refractivity contribution in [2.45, 2.75) is 77.0 Å². The average Bonchev–Trinajstić information content (AvgIpc) is 2.52. The van der Waals surface area contributed by atoms with Crippen LogP contribution in [0.15, 0.2) is 12.7 Å². The van der Waals surface area contributed by atoms with E-state index in [1.165, 1.54) is 64.2 Å². The monoisotopic (exact) mass is 276 g/mol. The van der Waals surface area contributed by atoms with Crippen molar-refractivity contribution in [1.82, 2.24) is 0 Å². The van der Waals surface area contributed by atoms with E-state index in [1.807, 2.05) is 0 Å². The van der Waals surface area contributed by atoms with Gasteiger partial charge in [0.25, 0.3) is 0 Å². The highest BCUT2D eigenvalue weighted by Gasteiger charge is 2.30. The zero-order valence-electron chi connectivity index (χ0n) is 13.1. The Morgan fingerprint density at radius 2 is 1.20 bits per heavy atom. The van der Waals surface area contributed by atoms with Crippen molar-refractivity contribution in [3.05, 3.63) is 12.7 Å². The fraction of sp³-hybridized carbons (Fsp3) is 0.842. The van der Waals surface area contributed by atoms with Gasteiger partial charge in [-0.15, -0.1) is 6.58 Å². The van der Waals surface area contributed by atoms with Gasteiger partial charge in [-0.3, -0.25) is 0 Å². The van der Waals surface area contributed by atoms with Crippen LogP contribution in [0.25, 0.3) is 0 Å². The van der Waals surface area contributed by atoms with Crippen molar-refractivity contribution in [2.75, 3.05) is 0 Å². The third-order valence-corrected chi connectivity index (χ3v) is 5.92. The molecular formula is C19H32O. The fourth-order valence-electron chi connectivity index (χ4n) is 4.55. The second kappa shape index (κ2) is 8.64. The predicted molar refractivity (Wildman–Crippen MR) is 85.6 cm³/mol. The van der Waals surface area contributed by atoms with Crippen molar-refractivity contribution < 1.29 is 4.79 Å². The van der Waals surface area contributed by atoms with Gasteiger partial charge in [0, 0.05) is 6.42 Å². The average molecular weight is 276 g/mol. The molecule has 0 atom stereocenters. The molecule has 1 nitrogen and oxygen atoms in total. The summed E-state index contributed by atoms with van der Waals surface area (Å²) >= 11 is 0. The van der Waals surface area contributed by atoms with Crippen LogP contribution < -0.4 is 0 Å². The highest BCUT2D eigenvalue weighted by atomic mass is 16.1. The number of hydrogen-bond acceptors (Lipinski definition) is 1. The molecule has 0 heterocycles. The van der Waals surface area contributed by atoms with Gasteiger partial charge in [-0.05, 0) is 68.6 Å². The van der Waals surface area contributed by atoms with E-state index in [1.54, 1.807) is 0 Å². The lowest BCUT2D eigenvalue weighted by Crippen LogP contribution is -2.25. The lowest BCUT2D eigenvalue weighted by Gasteiger charge is -2.37. The van der Waals surface area contributed by atoms with Gasteiger partial charge in [0.1, 0.15) is 6.29 Å².